The highest BCUT2D eigenvalue weighted by Crippen LogP contribution is 2.24. The summed E-state index contributed by atoms with van der Waals surface area (Å²) in [5, 5.41) is 3.23. The van der Waals surface area contributed by atoms with E-state index >= 15 is 0 Å². The van der Waals surface area contributed by atoms with E-state index in [1.807, 2.05) is 18.9 Å². The minimum Gasteiger partial charge on any atom is -0.339 e. The van der Waals surface area contributed by atoms with E-state index in [2.05, 4.69) is 43.4 Å². The van der Waals surface area contributed by atoms with Crippen molar-refractivity contribution in [2.45, 2.75) is 26.8 Å². The maximum absolute atomic E-state index is 12.5. The third kappa shape index (κ3) is 3.53. The molecule has 1 amide bonds. The molecule has 1 heterocycles. The van der Waals surface area contributed by atoms with Crippen LogP contribution in [0.3, 0.4) is 0 Å². The zero-order valence-electron chi connectivity index (χ0n) is 12.7. The zero-order valence-corrected chi connectivity index (χ0v) is 13.5. The number of amides is 1. The highest BCUT2D eigenvalue weighted by Gasteiger charge is 2.31. The first-order valence-electron chi connectivity index (χ1n) is 7.04. The maximum atomic E-state index is 12.5. The predicted octanol–water partition coefficient (Wildman–Crippen LogP) is 2.79. The first-order chi connectivity index (χ1) is 9.00. The summed E-state index contributed by atoms with van der Waals surface area (Å²) >= 11 is 0. The number of benzene rings is 1. The summed E-state index contributed by atoms with van der Waals surface area (Å²) in [6.07, 6.45) is 0. The average molecular weight is 297 g/mol. The Morgan fingerprint density at radius 1 is 1.25 bits per heavy atom. The first kappa shape index (κ1) is 17.0. The SMILES string of the molecule is Cc1ccc(C(C)N(C)C(=O)C(C)C2CNC2)cc1.Cl. The van der Waals surface area contributed by atoms with Gasteiger partial charge in [0.25, 0.3) is 0 Å². The zero-order chi connectivity index (χ0) is 14.0. The molecule has 0 radical (unpaired) electrons. The number of halogens is 1. The molecule has 1 fully saturated rings. The van der Waals surface area contributed by atoms with E-state index in [0.29, 0.717) is 5.92 Å². The monoisotopic (exact) mass is 296 g/mol. The van der Waals surface area contributed by atoms with Gasteiger partial charge in [-0.25, -0.2) is 0 Å². The van der Waals surface area contributed by atoms with Crippen LogP contribution >= 0.6 is 12.4 Å². The number of hydrogen-bond acceptors (Lipinski definition) is 2. The van der Waals surface area contributed by atoms with Crippen LogP contribution in [-0.2, 0) is 4.79 Å². The van der Waals surface area contributed by atoms with Crippen LogP contribution in [0.4, 0.5) is 0 Å². The molecule has 1 aliphatic rings. The fraction of sp³-hybridized carbons (Fsp3) is 0.562. The predicted molar refractivity (Wildman–Crippen MR) is 85.1 cm³/mol. The van der Waals surface area contributed by atoms with Crippen LogP contribution in [0.1, 0.15) is 31.0 Å². The summed E-state index contributed by atoms with van der Waals surface area (Å²) in [5.41, 5.74) is 2.44. The Hall–Kier alpha value is -1.06. The van der Waals surface area contributed by atoms with E-state index in [-0.39, 0.29) is 30.3 Å². The molecule has 2 unspecified atom stereocenters. The molecule has 0 bridgehead atoms. The van der Waals surface area contributed by atoms with Gasteiger partial charge in [-0.2, -0.15) is 0 Å². The standard InChI is InChI=1S/C16H24N2O.ClH/c1-11-5-7-14(8-6-11)13(3)18(4)16(19)12(2)15-9-17-10-15;/h5-8,12-13,15,17H,9-10H2,1-4H3;1H. The van der Waals surface area contributed by atoms with Gasteiger partial charge in [0, 0.05) is 13.0 Å². The third-order valence-electron chi connectivity index (χ3n) is 4.40. The molecule has 1 N–H and O–H groups in total. The minimum atomic E-state index is 0. The van der Waals surface area contributed by atoms with E-state index in [4.69, 9.17) is 0 Å². The van der Waals surface area contributed by atoms with Crippen molar-refractivity contribution < 1.29 is 4.79 Å². The van der Waals surface area contributed by atoms with Crippen LogP contribution in [0.5, 0.6) is 0 Å². The number of carbonyl (C=O) groups is 1. The Kier molecular flexibility index (Phi) is 6.03. The summed E-state index contributed by atoms with van der Waals surface area (Å²) in [6, 6.07) is 8.55. The first-order valence-corrected chi connectivity index (χ1v) is 7.04. The van der Waals surface area contributed by atoms with Gasteiger partial charge in [-0.3, -0.25) is 4.79 Å². The van der Waals surface area contributed by atoms with Crippen LogP contribution in [-0.4, -0.2) is 30.9 Å². The highest BCUT2D eigenvalue weighted by molar-refractivity contribution is 5.85. The summed E-state index contributed by atoms with van der Waals surface area (Å²) in [7, 11) is 1.91. The molecule has 1 saturated heterocycles. The largest absolute Gasteiger partial charge is 0.339 e. The van der Waals surface area contributed by atoms with Crippen LogP contribution < -0.4 is 5.32 Å². The molecule has 4 heteroatoms. The molecule has 0 saturated carbocycles. The molecule has 1 aromatic carbocycles. The molecule has 2 rings (SSSR count). The van der Waals surface area contributed by atoms with E-state index < -0.39 is 0 Å². The van der Waals surface area contributed by atoms with Crippen molar-refractivity contribution >= 4 is 18.3 Å². The van der Waals surface area contributed by atoms with Gasteiger partial charge in [0.05, 0.1) is 6.04 Å². The topological polar surface area (TPSA) is 32.3 Å². The molecule has 3 nitrogen and oxygen atoms in total. The van der Waals surface area contributed by atoms with Crippen LogP contribution in [0.2, 0.25) is 0 Å². The Labute approximate surface area is 128 Å². The van der Waals surface area contributed by atoms with E-state index in [1.165, 1.54) is 11.1 Å². The molecular formula is C16H25ClN2O. The van der Waals surface area contributed by atoms with Crippen molar-refractivity contribution in [3.05, 3.63) is 35.4 Å². The normalized spacial score (nSPS) is 17.6. The molecule has 0 aliphatic carbocycles. The second kappa shape index (κ2) is 7.09. The molecular weight excluding hydrogens is 272 g/mol. The molecule has 20 heavy (non-hydrogen) atoms. The number of hydrogen-bond donors (Lipinski definition) is 1. The van der Waals surface area contributed by atoms with Crippen molar-refractivity contribution in [2.75, 3.05) is 20.1 Å². The number of rotatable bonds is 4. The molecule has 0 spiro atoms. The van der Waals surface area contributed by atoms with Gasteiger partial charge in [-0.15, -0.1) is 12.4 Å². The van der Waals surface area contributed by atoms with Crippen LogP contribution in [0.25, 0.3) is 0 Å². The van der Waals surface area contributed by atoms with Crippen LogP contribution in [0.15, 0.2) is 24.3 Å². The van der Waals surface area contributed by atoms with Gasteiger partial charge in [0.2, 0.25) is 5.91 Å². The fourth-order valence-electron chi connectivity index (χ4n) is 2.45. The Morgan fingerprint density at radius 2 is 1.80 bits per heavy atom. The molecule has 2 atom stereocenters. The van der Waals surface area contributed by atoms with Gasteiger partial charge in [-0.05, 0) is 38.4 Å². The lowest BCUT2D eigenvalue weighted by atomic mass is 9.87. The Bertz CT molecular complexity index is 442. The third-order valence-corrected chi connectivity index (χ3v) is 4.40. The van der Waals surface area contributed by atoms with Crippen molar-refractivity contribution in [3.63, 3.8) is 0 Å². The van der Waals surface area contributed by atoms with Crippen molar-refractivity contribution in [3.8, 4) is 0 Å². The second-order valence-electron chi connectivity index (χ2n) is 5.74. The molecule has 1 aromatic rings. The molecule has 1 aliphatic heterocycles. The summed E-state index contributed by atoms with van der Waals surface area (Å²) in [5.74, 6) is 0.860. The van der Waals surface area contributed by atoms with Crippen molar-refractivity contribution in [2.24, 2.45) is 11.8 Å². The molecule has 112 valence electrons. The Balaban J connectivity index is 0.00000200. The number of nitrogens with one attached hydrogen (secondary N) is 1. The second-order valence-corrected chi connectivity index (χ2v) is 5.74. The van der Waals surface area contributed by atoms with Gasteiger partial charge < -0.3 is 10.2 Å². The summed E-state index contributed by atoms with van der Waals surface area (Å²) in [6.45, 7) is 8.16. The lowest BCUT2D eigenvalue weighted by molar-refractivity contribution is -0.138. The highest BCUT2D eigenvalue weighted by atomic mass is 35.5. The summed E-state index contributed by atoms with van der Waals surface area (Å²) < 4.78 is 0. The van der Waals surface area contributed by atoms with E-state index in [9.17, 15) is 4.79 Å². The van der Waals surface area contributed by atoms with Gasteiger partial charge >= 0.3 is 0 Å². The maximum Gasteiger partial charge on any atom is 0.226 e. The summed E-state index contributed by atoms with van der Waals surface area (Å²) in [4.78, 5) is 14.3. The van der Waals surface area contributed by atoms with E-state index in [1.54, 1.807) is 0 Å². The van der Waals surface area contributed by atoms with Crippen molar-refractivity contribution in [1.29, 1.82) is 0 Å². The fourth-order valence-corrected chi connectivity index (χ4v) is 2.45. The number of nitrogens with zero attached hydrogens (tertiary/aromatic N) is 1. The molecule has 0 aromatic heterocycles. The smallest absolute Gasteiger partial charge is 0.226 e. The lowest BCUT2D eigenvalue weighted by Gasteiger charge is -2.35. The number of carbonyl (C=O) groups excluding carboxylic acids is 1. The van der Waals surface area contributed by atoms with Crippen molar-refractivity contribution in [1.82, 2.24) is 10.2 Å². The minimum absolute atomic E-state index is 0. The number of aryl methyl sites for hydroxylation is 1. The Morgan fingerprint density at radius 3 is 2.25 bits per heavy atom. The van der Waals surface area contributed by atoms with E-state index in [0.717, 1.165) is 13.1 Å². The van der Waals surface area contributed by atoms with Gasteiger partial charge in [-0.1, -0.05) is 36.8 Å². The average Bonchev–Trinajstić information content (AvgIpc) is 2.35. The lowest BCUT2D eigenvalue weighted by Crippen LogP contribution is -2.50. The van der Waals surface area contributed by atoms with Gasteiger partial charge in [0.15, 0.2) is 0 Å². The van der Waals surface area contributed by atoms with Gasteiger partial charge in [0.1, 0.15) is 0 Å². The quantitative estimate of drug-likeness (QED) is 0.926. The van der Waals surface area contributed by atoms with Crippen LogP contribution in [0, 0.1) is 18.8 Å².